The van der Waals surface area contributed by atoms with Crippen molar-refractivity contribution in [2.45, 2.75) is 38.5 Å². The largest absolute Gasteiger partial charge is 0.480 e. The molecule has 0 aliphatic heterocycles. The minimum atomic E-state index is -4.59. The molecule has 0 saturated heterocycles. The molecule has 0 aliphatic rings. The molecule has 1 unspecified atom stereocenters. The van der Waals surface area contributed by atoms with E-state index in [1.807, 2.05) is 0 Å². The van der Waals surface area contributed by atoms with Crippen LogP contribution in [-0.2, 0) is 16.5 Å². The van der Waals surface area contributed by atoms with E-state index < -0.39 is 23.2 Å². The highest BCUT2D eigenvalue weighted by Crippen LogP contribution is 2.36. The first-order chi connectivity index (χ1) is 8.59. The fraction of sp³-hybridized carbons (Fsp3) is 0.462. The van der Waals surface area contributed by atoms with Crippen molar-refractivity contribution in [3.63, 3.8) is 0 Å². The molecule has 2 N–H and O–H groups in total. The third-order valence-electron chi connectivity index (χ3n) is 2.78. The van der Waals surface area contributed by atoms with Crippen molar-refractivity contribution < 1.29 is 23.1 Å². The van der Waals surface area contributed by atoms with Crippen LogP contribution in [0.3, 0.4) is 0 Å². The number of alkyl halides is 3. The molecule has 6 heteroatoms. The van der Waals surface area contributed by atoms with E-state index in [0.717, 1.165) is 6.07 Å². The number of halogens is 3. The summed E-state index contributed by atoms with van der Waals surface area (Å²) in [6.07, 6.45) is -4.59. The van der Waals surface area contributed by atoms with Crippen LogP contribution in [0.5, 0.6) is 0 Å². The summed E-state index contributed by atoms with van der Waals surface area (Å²) >= 11 is 0. The number of hydrogen-bond acceptors (Lipinski definition) is 2. The molecule has 0 aliphatic carbocycles. The molecule has 19 heavy (non-hydrogen) atoms. The van der Waals surface area contributed by atoms with Gasteiger partial charge in [0.1, 0.15) is 5.54 Å². The summed E-state index contributed by atoms with van der Waals surface area (Å²) in [6.45, 7) is 4.59. The molecule has 0 amide bonds. The maximum Gasteiger partial charge on any atom is 0.416 e. The lowest BCUT2D eigenvalue weighted by molar-refractivity contribution is -0.147. The number of rotatable bonds is 4. The van der Waals surface area contributed by atoms with Gasteiger partial charge in [-0.1, -0.05) is 18.2 Å². The van der Waals surface area contributed by atoms with Crippen molar-refractivity contribution >= 4 is 5.97 Å². The van der Waals surface area contributed by atoms with Crippen LogP contribution in [0.4, 0.5) is 13.2 Å². The van der Waals surface area contributed by atoms with Crippen molar-refractivity contribution in [2.24, 2.45) is 0 Å². The molecular weight excluding hydrogens is 259 g/mol. The third-order valence-corrected chi connectivity index (χ3v) is 2.78. The van der Waals surface area contributed by atoms with Gasteiger partial charge in [-0.2, -0.15) is 13.2 Å². The van der Waals surface area contributed by atoms with E-state index in [1.54, 1.807) is 13.8 Å². The lowest BCUT2D eigenvalue weighted by Crippen LogP contribution is -2.50. The lowest BCUT2D eigenvalue weighted by atomic mass is 9.87. The average molecular weight is 275 g/mol. The van der Waals surface area contributed by atoms with E-state index in [4.69, 9.17) is 0 Å². The fourth-order valence-corrected chi connectivity index (χ4v) is 2.00. The number of carbonyl (C=O) groups is 1. The normalized spacial score (nSPS) is 15.3. The van der Waals surface area contributed by atoms with E-state index in [2.05, 4.69) is 5.32 Å². The van der Waals surface area contributed by atoms with Crippen LogP contribution in [-0.4, -0.2) is 17.1 Å². The predicted octanol–water partition coefficient (Wildman–Crippen LogP) is 3.00. The van der Waals surface area contributed by atoms with Gasteiger partial charge in [-0.3, -0.25) is 5.32 Å². The Balaban J connectivity index is 3.44. The number of carboxylic acids is 1. The van der Waals surface area contributed by atoms with Crippen LogP contribution in [0.1, 0.15) is 31.9 Å². The van der Waals surface area contributed by atoms with Gasteiger partial charge in [0.2, 0.25) is 0 Å². The molecule has 0 heterocycles. The van der Waals surface area contributed by atoms with E-state index in [0.29, 0.717) is 0 Å². The first kappa shape index (κ1) is 15.5. The number of hydrogen-bond donors (Lipinski definition) is 2. The number of aliphatic carboxylic acids is 1. The summed E-state index contributed by atoms with van der Waals surface area (Å²) in [4.78, 5) is 11.4. The van der Waals surface area contributed by atoms with Gasteiger partial charge in [0.15, 0.2) is 0 Å². The summed E-state index contributed by atoms with van der Waals surface area (Å²) < 4.78 is 38.9. The van der Waals surface area contributed by atoms with Gasteiger partial charge >= 0.3 is 12.1 Å². The van der Waals surface area contributed by atoms with Crippen LogP contribution in [0.25, 0.3) is 0 Å². The zero-order chi connectivity index (χ0) is 14.8. The Morgan fingerprint density at radius 3 is 2.05 bits per heavy atom. The summed E-state index contributed by atoms with van der Waals surface area (Å²) in [5.74, 6) is -1.35. The zero-order valence-electron chi connectivity index (χ0n) is 10.9. The maximum atomic E-state index is 13.0. The van der Waals surface area contributed by atoms with Gasteiger partial charge in [0.05, 0.1) is 5.56 Å². The van der Waals surface area contributed by atoms with Crippen LogP contribution in [0, 0.1) is 0 Å². The fourth-order valence-electron chi connectivity index (χ4n) is 2.00. The highest BCUT2D eigenvalue weighted by molar-refractivity contribution is 5.81. The Labute approximate surface area is 109 Å². The van der Waals surface area contributed by atoms with Gasteiger partial charge in [-0.05, 0) is 32.4 Å². The highest BCUT2D eigenvalue weighted by atomic mass is 19.4. The van der Waals surface area contributed by atoms with Gasteiger partial charge in [0, 0.05) is 6.04 Å². The third kappa shape index (κ3) is 3.26. The number of nitrogens with one attached hydrogen (secondary N) is 1. The summed E-state index contributed by atoms with van der Waals surface area (Å²) in [6, 6.07) is 4.44. The molecular formula is C13H16F3NO2. The van der Waals surface area contributed by atoms with Gasteiger partial charge in [-0.15, -0.1) is 0 Å². The van der Waals surface area contributed by atoms with Crippen molar-refractivity contribution in [3.05, 3.63) is 35.4 Å². The maximum absolute atomic E-state index is 13.0. The standard InChI is InChI=1S/C13H16F3NO2/c1-8(2)17-12(3,11(18)19)9-6-4-5-7-10(9)13(14,15)16/h4-8,17H,1-3H3,(H,18,19). The average Bonchev–Trinajstić information content (AvgIpc) is 2.26. The predicted molar refractivity (Wildman–Crippen MR) is 64.7 cm³/mol. The lowest BCUT2D eigenvalue weighted by Gasteiger charge is -2.31. The molecule has 3 nitrogen and oxygen atoms in total. The molecule has 0 fully saturated rings. The van der Waals surface area contributed by atoms with E-state index in [1.165, 1.54) is 25.1 Å². The minimum absolute atomic E-state index is 0.276. The Morgan fingerprint density at radius 1 is 1.21 bits per heavy atom. The number of carboxylic acid groups (broad SMARTS) is 1. The van der Waals surface area contributed by atoms with Gasteiger partial charge in [-0.25, -0.2) is 4.79 Å². The second-order valence-electron chi connectivity index (χ2n) is 4.77. The number of benzene rings is 1. The smallest absolute Gasteiger partial charge is 0.416 e. The summed E-state index contributed by atoms with van der Waals surface area (Å²) in [5, 5.41) is 12.0. The van der Waals surface area contributed by atoms with Crippen LogP contribution in [0.2, 0.25) is 0 Å². The van der Waals surface area contributed by atoms with E-state index in [9.17, 15) is 23.1 Å². The topological polar surface area (TPSA) is 49.3 Å². The van der Waals surface area contributed by atoms with Gasteiger partial charge in [0.25, 0.3) is 0 Å². The monoisotopic (exact) mass is 275 g/mol. The van der Waals surface area contributed by atoms with Crippen molar-refractivity contribution in [1.82, 2.24) is 5.32 Å². The Kier molecular flexibility index (Phi) is 4.25. The second kappa shape index (κ2) is 5.21. The minimum Gasteiger partial charge on any atom is -0.480 e. The summed E-state index contributed by atoms with van der Waals surface area (Å²) in [7, 11) is 0. The molecule has 0 aromatic heterocycles. The molecule has 0 bridgehead atoms. The van der Waals surface area contributed by atoms with Crippen LogP contribution in [0.15, 0.2) is 24.3 Å². The van der Waals surface area contributed by atoms with E-state index in [-0.39, 0.29) is 11.6 Å². The zero-order valence-corrected chi connectivity index (χ0v) is 10.9. The molecule has 1 atom stereocenters. The van der Waals surface area contributed by atoms with Crippen molar-refractivity contribution in [1.29, 1.82) is 0 Å². The van der Waals surface area contributed by atoms with Crippen LogP contribution < -0.4 is 5.32 Å². The Bertz CT molecular complexity index is 471. The first-order valence-electron chi connectivity index (χ1n) is 5.77. The Hall–Kier alpha value is -1.56. The quantitative estimate of drug-likeness (QED) is 0.888. The second-order valence-corrected chi connectivity index (χ2v) is 4.77. The molecule has 1 aromatic carbocycles. The van der Waals surface area contributed by atoms with Crippen molar-refractivity contribution in [2.75, 3.05) is 0 Å². The molecule has 0 saturated carbocycles. The molecule has 1 aromatic rings. The van der Waals surface area contributed by atoms with E-state index >= 15 is 0 Å². The molecule has 1 rings (SSSR count). The highest BCUT2D eigenvalue weighted by Gasteiger charge is 2.43. The first-order valence-corrected chi connectivity index (χ1v) is 5.77. The van der Waals surface area contributed by atoms with Gasteiger partial charge < -0.3 is 5.11 Å². The molecule has 0 spiro atoms. The molecule has 106 valence electrons. The SMILES string of the molecule is CC(C)NC(C)(C(=O)O)c1ccccc1C(F)(F)F. The molecule has 0 radical (unpaired) electrons. The summed E-state index contributed by atoms with van der Waals surface area (Å²) in [5.41, 5.74) is -3.02. The Morgan fingerprint density at radius 2 is 1.68 bits per heavy atom. The van der Waals surface area contributed by atoms with Crippen LogP contribution >= 0.6 is 0 Å². The van der Waals surface area contributed by atoms with Crippen molar-refractivity contribution in [3.8, 4) is 0 Å².